The summed E-state index contributed by atoms with van der Waals surface area (Å²) < 4.78 is 56.6. The van der Waals surface area contributed by atoms with Crippen molar-refractivity contribution in [3.05, 3.63) is 60.7 Å². The molecular weight excluding hydrogens is 632 g/mol. The summed E-state index contributed by atoms with van der Waals surface area (Å²) in [6.07, 6.45) is 0. The summed E-state index contributed by atoms with van der Waals surface area (Å²) in [4.78, 5) is 0. The molecule has 2 N–H and O–H groups in total. The molecule has 2 aromatic rings. The second-order valence-corrected chi connectivity index (χ2v) is 11.5. The van der Waals surface area contributed by atoms with Crippen LogP contribution in [0.2, 0.25) is 0 Å². The predicted octanol–water partition coefficient (Wildman–Crippen LogP) is 2.73. The Balaban J connectivity index is 1.75. The zero-order valence-electron chi connectivity index (χ0n) is 27.5. The first-order valence-electron chi connectivity index (χ1n) is 16.2. The van der Waals surface area contributed by atoms with Gasteiger partial charge in [-0.2, -0.15) is 0 Å². The summed E-state index contributed by atoms with van der Waals surface area (Å²) in [5.41, 5.74) is 0. The van der Waals surface area contributed by atoms with Gasteiger partial charge in [-0.1, -0.05) is 36.4 Å². The summed E-state index contributed by atoms with van der Waals surface area (Å²) in [5, 5.41) is 17.4. The largest absolute Gasteiger partial charge is 0.492 e. The van der Waals surface area contributed by atoms with Crippen LogP contribution in [0.3, 0.4) is 0 Å². The first kappa shape index (κ1) is 41.2. The number of benzene rings is 2. The molecule has 0 aliphatic rings. The molecule has 0 fully saturated rings. The van der Waals surface area contributed by atoms with E-state index in [4.69, 9.17) is 57.6 Å². The van der Waals surface area contributed by atoms with Gasteiger partial charge in [0.05, 0.1) is 129 Å². The van der Waals surface area contributed by atoms with E-state index in [-0.39, 0.29) is 23.7 Å². The highest BCUT2D eigenvalue weighted by molar-refractivity contribution is 8.00. The molecular formula is C34H54O12S. The van der Waals surface area contributed by atoms with E-state index in [1.807, 2.05) is 60.7 Å². The van der Waals surface area contributed by atoms with Crippen LogP contribution >= 0.6 is 11.8 Å². The minimum absolute atomic E-state index is 0.00881. The van der Waals surface area contributed by atoms with Gasteiger partial charge in [0.2, 0.25) is 0 Å². The number of rotatable bonds is 34. The summed E-state index contributed by atoms with van der Waals surface area (Å²) in [7, 11) is 0. The molecule has 0 radical (unpaired) electrons. The van der Waals surface area contributed by atoms with Crippen LogP contribution in [0.15, 0.2) is 60.7 Å². The van der Waals surface area contributed by atoms with Gasteiger partial charge in [-0.3, -0.25) is 0 Å². The van der Waals surface area contributed by atoms with E-state index in [1.54, 1.807) is 11.8 Å². The summed E-state index contributed by atoms with van der Waals surface area (Å²) in [6.45, 7) is 7.98. The Hall–Kier alpha value is -2.01. The molecule has 47 heavy (non-hydrogen) atoms. The molecule has 268 valence electrons. The van der Waals surface area contributed by atoms with Gasteiger partial charge in [-0.05, 0) is 24.3 Å². The second kappa shape index (κ2) is 31.3. The van der Waals surface area contributed by atoms with Gasteiger partial charge < -0.3 is 57.6 Å². The highest BCUT2D eigenvalue weighted by Crippen LogP contribution is 2.22. The third-order valence-corrected chi connectivity index (χ3v) is 7.37. The lowest BCUT2D eigenvalue weighted by Gasteiger charge is -2.24. The summed E-state index contributed by atoms with van der Waals surface area (Å²) in [6, 6.07) is 19.5. The van der Waals surface area contributed by atoms with E-state index < -0.39 is 0 Å². The van der Waals surface area contributed by atoms with Crippen LogP contribution in [0, 0.1) is 0 Å². The average Bonchev–Trinajstić information content (AvgIpc) is 3.11. The normalized spacial score (nSPS) is 12.6. The molecule has 0 saturated carbocycles. The lowest BCUT2D eigenvalue weighted by Crippen LogP contribution is -2.30. The van der Waals surface area contributed by atoms with E-state index >= 15 is 0 Å². The number of hydrogen-bond donors (Lipinski definition) is 2. The Bertz CT molecular complexity index is 841. The number of para-hydroxylation sites is 2. The number of aliphatic hydroxyl groups excluding tert-OH is 2. The molecule has 0 bridgehead atoms. The van der Waals surface area contributed by atoms with Gasteiger partial charge in [0.15, 0.2) is 0 Å². The number of ether oxygens (including phenoxy) is 10. The minimum Gasteiger partial charge on any atom is -0.492 e. The van der Waals surface area contributed by atoms with Crippen LogP contribution in [0.25, 0.3) is 0 Å². The SMILES string of the molecule is OCCOCCOCCOCCOCC(COc1ccccc1)SC(COCCOCCOCCOCCO)COc1ccccc1. The van der Waals surface area contributed by atoms with Crippen molar-refractivity contribution in [2.24, 2.45) is 0 Å². The van der Waals surface area contributed by atoms with Crippen LogP contribution in [0.1, 0.15) is 0 Å². The quantitative estimate of drug-likeness (QED) is 0.105. The van der Waals surface area contributed by atoms with Crippen molar-refractivity contribution in [2.75, 3.05) is 132 Å². The molecule has 2 unspecified atom stereocenters. The Kier molecular flexibility index (Phi) is 27.4. The first-order chi connectivity index (χ1) is 23.3. The van der Waals surface area contributed by atoms with E-state index in [1.165, 1.54) is 0 Å². The highest BCUT2D eigenvalue weighted by Gasteiger charge is 2.20. The standard InChI is InChI=1S/C34H54O12S/c35-11-13-37-15-17-39-19-21-41-23-25-43-27-33(29-45-31-7-3-1-4-8-31)47-34(30-46-32-9-5-2-6-10-32)28-44-26-24-42-22-20-40-18-16-38-14-12-36/h1-10,33-36H,11-30H2. The van der Waals surface area contributed by atoms with Crippen molar-refractivity contribution < 1.29 is 57.6 Å². The van der Waals surface area contributed by atoms with Crippen molar-refractivity contribution in [1.29, 1.82) is 0 Å². The second-order valence-electron chi connectivity index (χ2n) is 9.90. The number of hydrogen-bond acceptors (Lipinski definition) is 13. The highest BCUT2D eigenvalue weighted by atomic mass is 32.2. The molecule has 0 saturated heterocycles. The molecule has 0 aliphatic carbocycles. The van der Waals surface area contributed by atoms with Gasteiger partial charge in [-0.15, -0.1) is 11.8 Å². The summed E-state index contributed by atoms with van der Waals surface area (Å²) in [5.74, 6) is 1.60. The molecule has 0 spiro atoms. The molecule has 0 aromatic heterocycles. The van der Waals surface area contributed by atoms with Gasteiger partial charge in [0, 0.05) is 0 Å². The smallest absolute Gasteiger partial charge is 0.119 e. The third kappa shape index (κ3) is 24.7. The van der Waals surface area contributed by atoms with E-state index in [0.717, 1.165) is 11.5 Å². The van der Waals surface area contributed by atoms with Crippen LogP contribution in [-0.4, -0.2) is 153 Å². The van der Waals surface area contributed by atoms with Crippen molar-refractivity contribution in [2.45, 2.75) is 10.5 Å². The maximum Gasteiger partial charge on any atom is 0.119 e. The van der Waals surface area contributed by atoms with Gasteiger partial charge >= 0.3 is 0 Å². The Labute approximate surface area is 283 Å². The van der Waals surface area contributed by atoms with E-state index in [2.05, 4.69) is 0 Å². The zero-order chi connectivity index (χ0) is 33.3. The van der Waals surface area contributed by atoms with Crippen LogP contribution in [-0.2, 0) is 37.9 Å². The zero-order valence-corrected chi connectivity index (χ0v) is 28.3. The molecule has 13 heteroatoms. The molecule has 0 heterocycles. The predicted molar refractivity (Wildman–Crippen MR) is 180 cm³/mol. The summed E-state index contributed by atoms with van der Waals surface area (Å²) >= 11 is 1.72. The Morgan fingerprint density at radius 2 is 0.681 bits per heavy atom. The van der Waals surface area contributed by atoms with Gasteiger partial charge in [-0.25, -0.2) is 0 Å². The molecule has 2 aromatic carbocycles. The Morgan fingerprint density at radius 1 is 0.383 bits per heavy atom. The first-order valence-corrected chi connectivity index (χ1v) is 17.1. The Morgan fingerprint density at radius 3 is 1.00 bits per heavy atom. The lowest BCUT2D eigenvalue weighted by molar-refractivity contribution is -0.00640. The van der Waals surface area contributed by atoms with Crippen molar-refractivity contribution in [1.82, 2.24) is 0 Å². The lowest BCUT2D eigenvalue weighted by atomic mass is 10.3. The van der Waals surface area contributed by atoms with E-state index in [0.29, 0.717) is 119 Å². The van der Waals surface area contributed by atoms with Crippen LogP contribution in [0.4, 0.5) is 0 Å². The van der Waals surface area contributed by atoms with E-state index in [9.17, 15) is 0 Å². The number of aliphatic hydroxyl groups is 2. The maximum atomic E-state index is 8.71. The molecule has 12 nitrogen and oxygen atoms in total. The maximum absolute atomic E-state index is 8.71. The van der Waals surface area contributed by atoms with Crippen LogP contribution < -0.4 is 9.47 Å². The molecule has 2 rings (SSSR count). The fraction of sp³-hybridized carbons (Fsp3) is 0.647. The third-order valence-electron chi connectivity index (χ3n) is 6.05. The van der Waals surface area contributed by atoms with Crippen molar-refractivity contribution in [3.63, 3.8) is 0 Å². The average molecular weight is 687 g/mol. The monoisotopic (exact) mass is 686 g/mol. The fourth-order valence-electron chi connectivity index (χ4n) is 3.82. The minimum atomic E-state index is 0.00881. The van der Waals surface area contributed by atoms with Crippen LogP contribution in [0.5, 0.6) is 11.5 Å². The molecule has 0 aliphatic heterocycles. The van der Waals surface area contributed by atoms with Gasteiger partial charge in [0.1, 0.15) is 24.7 Å². The molecule has 2 atom stereocenters. The number of thioether (sulfide) groups is 1. The molecule has 0 amide bonds. The van der Waals surface area contributed by atoms with Gasteiger partial charge in [0.25, 0.3) is 0 Å². The topological polar surface area (TPSA) is 133 Å². The fourth-order valence-corrected chi connectivity index (χ4v) is 5.00. The van der Waals surface area contributed by atoms with Crippen molar-refractivity contribution in [3.8, 4) is 11.5 Å². The van der Waals surface area contributed by atoms with Crippen molar-refractivity contribution >= 4 is 11.8 Å².